The van der Waals surface area contributed by atoms with Crippen molar-refractivity contribution in [2.24, 2.45) is 0 Å². The van der Waals surface area contributed by atoms with Gasteiger partial charge in [0.25, 0.3) is 0 Å². The highest BCUT2D eigenvalue weighted by Gasteiger charge is 2.43. The van der Waals surface area contributed by atoms with Crippen molar-refractivity contribution in [1.29, 1.82) is 0 Å². The van der Waals surface area contributed by atoms with E-state index in [1.807, 2.05) is 0 Å². The molecule has 0 amide bonds. The zero-order chi connectivity index (χ0) is 23.9. The molecule has 1 aromatic heterocycles. The molecule has 176 valence electrons. The Morgan fingerprint density at radius 1 is 0.970 bits per heavy atom. The number of aliphatic hydroxyl groups excluding tert-OH is 3. The van der Waals surface area contributed by atoms with E-state index in [0.717, 1.165) is 0 Å². The maximum absolute atomic E-state index is 13.2. The third kappa shape index (κ3) is 3.98. The summed E-state index contributed by atoms with van der Waals surface area (Å²) in [5.41, 5.74) is 0.285. The molecule has 4 N–H and O–H groups in total. The van der Waals surface area contributed by atoms with Gasteiger partial charge in [0.15, 0.2) is 11.5 Å². The zero-order valence-corrected chi connectivity index (χ0v) is 18.1. The Bertz CT molecular complexity index is 1200. The number of hydrogen-bond acceptors (Lipinski definition) is 10. The number of aliphatic hydroxyl groups is 3. The molecule has 10 heteroatoms. The summed E-state index contributed by atoms with van der Waals surface area (Å²) < 4.78 is 27.1. The van der Waals surface area contributed by atoms with Gasteiger partial charge in [-0.25, -0.2) is 0 Å². The SMILES string of the molecule is COc1ccc(-c2coc3cc(O[C@@H]4O[C@H](C)[C@H](O)[C@H](O)[C@H]4O)c(OC)c(O)c3c2=O)cc1. The lowest BCUT2D eigenvalue weighted by Gasteiger charge is -2.39. The van der Waals surface area contributed by atoms with E-state index in [1.54, 1.807) is 24.3 Å². The summed E-state index contributed by atoms with van der Waals surface area (Å²) in [7, 11) is 2.80. The van der Waals surface area contributed by atoms with Crippen molar-refractivity contribution in [2.45, 2.75) is 37.6 Å². The molecule has 1 saturated heterocycles. The number of phenols is 1. The second-order valence-corrected chi connectivity index (χ2v) is 7.64. The lowest BCUT2D eigenvalue weighted by molar-refractivity contribution is -0.268. The summed E-state index contributed by atoms with van der Waals surface area (Å²) in [6.45, 7) is 1.50. The number of methoxy groups -OCH3 is 2. The van der Waals surface area contributed by atoms with Crippen LogP contribution in [0.25, 0.3) is 22.1 Å². The van der Waals surface area contributed by atoms with E-state index < -0.39 is 41.9 Å². The highest BCUT2D eigenvalue weighted by molar-refractivity contribution is 5.91. The number of aromatic hydroxyl groups is 1. The van der Waals surface area contributed by atoms with Gasteiger partial charge in [-0.1, -0.05) is 12.1 Å². The molecular formula is C23H24O10. The third-order valence-corrected chi connectivity index (χ3v) is 5.62. The number of benzene rings is 2. The largest absolute Gasteiger partial charge is 0.504 e. The van der Waals surface area contributed by atoms with Crippen molar-refractivity contribution in [3.8, 4) is 34.1 Å². The quantitative estimate of drug-likeness (QED) is 0.440. The van der Waals surface area contributed by atoms with Crippen LogP contribution in [0, 0.1) is 0 Å². The van der Waals surface area contributed by atoms with Crippen molar-refractivity contribution >= 4 is 11.0 Å². The molecule has 0 saturated carbocycles. The molecule has 10 nitrogen and oxygen atoms in total. The average Bonchev–Trinajstić information content (AvgIpc) is 2.81. The van der Waals surface area contributed by atoms with Crippen LogP contribution in [0.1, 0.15) is 6.92 Å². The summed E-state index contributed by atoms with van der Waals surface area (Å²) in [6.07, 6.45) is -5.35. The molecule has 4 rings (SSSR count). The number of rotatable bonds is 5. The van der Waals surface area contributed by atoms with Crippen LogP contribution in [-0.4, -0.2) is 65.4 Å². The van der Waals surface area contributed by atoms with E-state index in [2.05, 4.69) is 0 Å². The van der Waals surface area contributed by atoms with Crippen molar-refractivity contribution in [1.82, 2.24) is 0 Å². The van der Waals surface area contributed by atoms with E-state index in [0.29, 0.717) is 11.3 Å². The number of fused-ring (bicyclic) bond motifs is 1. The van der Waals surface area contributed by atoms with Crippen LogP contribution in [0.5, 0.6) is 23.0 Å². The van der Waals surface area contributed by atoms with E-state index in [-0.39, 0.29) is 28.0 Å². The van der Waals surface area contributed by atoms with Gasteiger partial charge >= 0.3 is 0 Å². The maximum atomic E-state index is 13.2. The monoisotopic (exact) mass is 460 g/mol. The van der Waals surface area contributed by atoms with E-state index in [9.17, 15) is 25.2 Å². The molecule has 1 aliphatic rings. The van der Waals surface area contributed by atoms with Gasteiger partial charge < -0.3 is 43.8 Å². The fraction of sp³-hybridized carbons (Fsp3) is 0.348. The smallest absolute Gasteiger partial charge is 0.229 e. The topological polar surface area (TPSA) is 148 Å². The van der Waals surface area contributed by atoms with Crippen molar-refractivity contribution in [3.05, 3.63) is 46.8 Å². The molecule has 0 unspecified atom stereocenters. The molecule has 2 aromatic carbocycles. The van der Waals surface area contributed by atoms with Crippen LogP contribution in [0.3, 0.4) is 0 Å². The fourth-order valence-corrected chi connectivity index (χ4v) is 3.72. The predicted octanol–water partition coefficient (Wildman–Crippen LogP) is 1.39. The van der Waals surface area contributed by atoms with Gasteiger partial charge in [-0.2, -0.15) is 0 Å². The molecule has 2 heterocycles. The maximum Gasteiger partial charge on any atom is 0.229 e. The first-order valence-electron chi connectivity index (χ1n) is 10.1. The molecule has 0 spiro atoms. The van der Waals surface area contributed by atoms with Crippen LogP contribution in [0.15, 0.2) is 45.8 Å². The summed E-state index contributed by atoms with van der Waals surface area (Å²) in [4.78, 5) is 13.2. The Morgan fingerprint density at radius 3 is 2.30 bits per heavy atom. The minimum Gasteiger partial charge on any atom is -0.504 e. The fourth-order valence-electron chi connectivity index (χ4n) is 3.72. The Balaban J connectivity index is 1.76. The standard InChI is InChI=1S/C23H24O10/c1-10-17(24)20(27)21(28)23(32-10)33-15-8-14-16(19(26)22(15)30-3)18(25)13(9-31-14)11-4-6-12(29-2)7-5-11/h4-10,17,20-21,23-24,26-28H,1-3H3/t10-,17+,20+,21-,23+/m1/s1. The lowest BCUT2D eigenvalue weighted by atomic mass is 10.00. The van der Waals surface area contributed by atoms with E-state index in [4.69, 9.17) is 23.4 Å². The minimum atomic E-state index is -1.58. The highest BCUT2D eigenvalue weighted by atomic mass is 16.7. The van der Waals surface area contributed by atoms with Crippen molar-refractivity contribution in [2.75, 3.05) is 14.2 Å². The second-order valence-electron chi connectivity index (χ2n) is 7.64. The minimum absolute atomic E-state index is 0.00416. The molecule has 33 heavy (non-hydrogen) atoms. The molecular weight excluding hydrogens is 436 g/mol. The average molecular weight is 460 g/mol. The molecule has 0 aliphatic carbocycles. The Kier molecular flexibility index (Phi) is 6.17. The van der Waals surface area contributed by atoms with Gasteiger partial charge in [-0.05, 0) is 24.6 Å². The molecule has 1 aliphatic heterocycles. The Hall–Kier alpha value is -3.31. The van der Waals surface area contributed by atoms with Gasteiger partial charge in [0.2, 0.25) is 17.5 Å². The Morgan fingerprint density at radius 2 is 1.67 bits per heavy atom. The zero-order valence-electron chi connectivity index (χ0n) is 18.1. The summed E-state index contributed by atoms with van der Waals surface area (Å²) >= 11 is 0. The lowest BCUT2D eigenvalue weighted by Crippen LogP contribution is -2.58. The van der Waals surface area contributed by atoms with Crippen molar-refractivity contribution < 1.29 is 43.8 Å². The molecule has 0 bridgehead atoms. The molecule has 0 radical (unpaired) electrons. The summed E-state index contributed by atoms with van der Waals surface area (Å²) in [5.74, 6) is -0.184. The third-order valence-electron chi connectivity index (χ3n) is 5.62. The van der Waals surface area contributed by atoms with Gasteiger partial charge in [0, 0.05) is 6.07 Å². The first-order valence-corrected chi connectivity index (χ1v) is 10.1. The van der Waals surface area contributed by atoms with Crippen LogP contribution >= 0.6 is 0 Å². The highest BCUT2D eigenvalue weighted by Crippen LogP contribution is 2.43. The normalized spacial score (nSPS) is 25.1. The van der Waals surface area contributed by atoms with Crippen LogP contribution < -0.4 is 19.6 Å². The number of ether oxygens (including phenoxy) is 4. The molecule has 5 atom stereocenters. The summed E-state index contributed by atoms with van der Waals surface area (Å²) in [6, 6.07) is 8.07. The van der Waals surface area contributed by atoms with Gasteiger partial charge in [0.1, 0.15) is 41.3 Å². The van der Waals surface area contributed by atoms with Crippen LogP contribution in [0.4, 0.5) is 0 Å². The van der Waals surface area contributed by atoms with Gasteiger partial charge in [0.05, 0.1) is 25.9 Å². The first kappa shape index (κ1) is 22.9. The predicted molar refractivity (Wildman–Crippen MR) is 116 cm³/mol. The van der Waals surface area contributed by atoms with E-state index >= 15 is 0 Å². The van der Waals surface area contributed by atoms with E-state index in [1.165, 1.54) is 33.5 Å². The Labute approximate surface area is 188 Å². The molecule has 1 fully saturated rings. The number of hydrogen-bond donors (Lipinski definition) is 4. The summed E-state index contributed by atoms with van der Waals surface area (Å²) in [5, 5.41) is 40.8. The second kappa shape index (κ2) is 8.91. The van der Waals surface area contributed by atoms with Crippen molar-refractivity contribution in [3.63, 3.8) is 0 Å². The number of phenolic OH excluding ortho intramolecular Hbond substituents is 1. The van der Waals surface area contributed by atoms with Crippen LogP contribution in [-0.2, 0) is 4.74 Å². The van der Waals surface area contributed by atoms with Gasteiger partial charge in [-0.15, -0.1) is 0 Å². The van der Waals surface area contributed by atoms with Crippen LogP contribution in [0.2, 0.25) is 0 Å². The molecule has 3 aromatic rings. The van der Waals surface area contributed by atoms with Gasteiger partial charge in [-0.3, -0.25) is 4.79 Å². The first-order chi connectivity index (χ1) is 15.8.